The Morgan fingerprint density at radius 2 is 1.88 bits per heavy atom. The van der Waals surface area contributed by atoms with Gasteiger partial charge in [-0.2, -0.15) is 0 Å². The molecular formula is C26H25ClN2O4S. The molecule has 0 aliphatic rings. The van der Waals surface area contributed by atoms with Crippen LogP contribution in [-0.4, -0.2) is 35.3 Å². The van der Waals surface area contributed by atoms with E-state index in [0.29, 0.717) is 36.9 Å². The Kier molecular flexibility index (Phi) is 7.87. The molecule has 0 fully saturated rings. The number of anilines is 1. The van der Waals surface area contributed by atoms with E-state index in [0.717, 1.165) is 26.7 Å². The van der Waals surface area contributed by atoms with Gasteiger partial charge < -0.3 is 19.5 Å². The van der Waals surface area contributed by atoms with Crippen molar-refractivity contribution in [3.05, 3.63) is 83.4 Å². The van der Waals surface area contributed by atoms with Crippen molar-refractivity contribution < 1.29 is 19.4 Å². The third kappa shape index (κ3) is 6.18. The molecule has 8 heteroatoms. The maximum Gasteiger partial charge on any atom is 0.344 e. The molecule has 34 heavy (non-hydrogen) atoms. The molecular weight excluding hydrogens is 472 g/mol. The molecule has 4 rings (SSSR count). The standard InChI is InChI=1S/C26H25ClN2O4S/c1-2-23(25(30)31)33-21-7-5-6-18(16-21)17-29(14-15-32-20-12-10-19(27)11-13-20)26-28-22-8-3-4-9-24(22)34-26/h3-13,16,23H,2,14-15,17H2,1H3,(H,30,31). The van der Waals surface area contributed by atoms with E-state index in [-0.39, 0.29) is 0 Å². The molecule has 0 amide bonds. The highest BCUT2D eigenvalue weighted by molar-refractivity contribution is 7.22. The number of carboxylic acids is 1. The van der Waals surface area contributed by atoms with Crippen molar-refractivity contribution in [1.29, 1.82) is 0 Å². The molecule has 1 aromatic heterocycles. The normalized spacial score (nSPS) is 11.8. The second kappa shape index (κ2) is 11.2. The van der Waals surface area contributed by atoms with Gasteiger partial charge in [-0.05, 0) is 60.5 Å². The number of carbonyl (C=O) groups is 1. The predicted octanol–water partition coefficient (Wildman–Crippen LogP) is 6.28. The number of nitrogens with zero attached hydrogens (tertiary/aromatic N) is 2. The highest BCUT2D eigenvalue weighted by atomic mass is 35.5. The molecule has 0 saturated carbocycles. The van der Waals surface area contributed by atoms with Gasteiger partial charge in [0, 0.05) is 11.6 Å². The van der Waals surface area contributed by atoms with E-state index in [2.05, 4.69) is 11.0 Å². The van der Waals surface area contributed by atoms with Crippen LogP contribution in [0.5, 0.6) is 11.5 Å². The van der Waals surface area contributed by atoms with Gasteiger partial charge in [-0.15, -0.1) is 0 Å². The van der Waals surface area contributed by atoms with Crippen molar-refractivity contribution in [2.45, 2.75) is 26.0 Å². The predicted molar refractivity (Wildman–Crippen MR) is 136 cm³/mol. The van der Waals surface area contributed by atoms with Crippen LogP contribution < -0.4 is 14.4 Å². The lowest BCUT2D eigenvalue weighted by molar-refractivity contribution is -0.145. The first-order valence-electron chi connectivity index (χ1n) is 11.0. The molecule has 0 radical (unpaired) electrons. The van der Waals surface area contributed by atoms with E-state index in [1.54, 1.807) is 36.5 Å². The van der Waals surface area contributed by atoms with Crippen LogP contribution in [0.2, 0.25) is 5.02 Å². The average molecular weight is 497 g/mol. The number of halogens is 1. The molecule has 1 atom stereocenters. The number of hydrogen-bond donors (Lipinski definition) is 1. The van der Waals surface area contributed by atoms with Crippen LogP contribution in [0.3, 0.4) is 0 Å². The lowest BCUT2D eigenvalue weighted by Gasteiger charge is -2.22. The second-order valence-corrected chi connectivity index (χ2v) is 9.13. The number of aliphatic carboxylic acids is 1. The van der Waals surface area contributed by atoms with Crippen LogP contribution in [0.15, 0.2) is 72.8 Å². The minimum absolute atomic E-state index is 0.388. The Labute approximate surface area is 207 Å². The Balaban J connectivity index is 1.52. The maximum absolute atomic E-state index is 11.4. The molecule has 0 spiro atoms. The van der Waals surface area contributed by atoms with Crippen molar-refractivity contribution in [3.63, 3.8) is 0 Å². The number of aromatic nitrogens is 1. The Bertz CT molecular complexity index is 1210. The molecule has 1 heterocycles. The van der Waals surface area contributed by atoms with E-state index in [9.17, 15) is 9.90 Å². The third-order valence-electron chi connectivity index (χ3n) is 5.19. The first-order chi connectivity index (χ1) is 16.5. The van der Waals surface area contributed by atoms with Crippen LogP contribution in [0.25, 0.3) is 10.2 Å². The van der Waals surface area contributed by atoms with E-state index in [4.69, 9.17) is 26.1 Å². The van der Waals surface area contributed by atoms with Gasteiger partial charge in [-0.3, -0.25) is 0 Å². The number of fused-ring (bicyclic) bond motifs is 1. The molecule has 1 N–H and O–H groups in total. The minimum atomic E-state index is -0.969. The van der Waals surface area contributed by atoms with Gasteiger partial charge in [-0.1, -0.05) is 54.1 Å². The van der Waals surface area contributed by atoms with Crippen molar-refractivity contribution >= 4 is 44.3 Å². The lowest BCUT2D eigenvalue weighted by atomic mass is 10.2. The van der Waals surface area contributed by atoms with Gasteiger partial charge in [0.05, 0.1) is 16.8 Å². The van der Waals surface area contributed by atoms with E-state index in [1.807, 2.05) is 48.5 Å². The van der Waals surface area contributed by atoms with Crippen LogP contribution in [0.1, 0.15) is 18.9 Å². The molecule has 176 valence electrons. The average Bonchev–Trinajstić information content (AvgIpc) is 3.27. The van der Waals surface area contributed by atoms with E-state index >= 15 is 0 Å². The monoisotopic (exact) mass is 496 g/mol. The number of hydrogen-bond acceptors (Lipinski definition) is 6. The number of rotatable bonds is 11. The number of ether oxygens (including phenoxy) is 2. The van der Waals surface area contributed by atoms with E-state index in [1.165, 1.54) is 0 Å². The summed E-state index contributed by atoms with van der Waals surface area (Å²) in [6, 6.07) is 22.9. The number of benzene rings is 3. The zero-order chi connectivity index (χ0) is 23.9. The van der Waals surface area contributed by atoms with Crippen molar-refractivity contribution in [3.8, 4) is 11.5 Å². The van der Waals surface area contributed by atoms with Gasteiger partial charge in [0.25, 0.3) is 0 Å². The Hall–Kier alpha value is -3.29. The first-order valence-corrected chi connectivity index (χ1v) is 12.2. The SMILES string of the molecule is CCC(Oc1cccc(CN(CCOc2ccc(Cl)cc2)c2nc3ccccc3s2)c1)C(=O)O. The molecule has 4 aromatic rings. The topological polar surface area (TPSA) is 71.9 Å². The van der Waals surface area contributed by atoms with Gasteiger partial charge >= 0.3 is 5.97 Å². The van der Waals surface area contributed by atoms with Crippen LogP contribution in [0.4, 0.5) is 5.13 Å². The highest BCUT2D eigenvalue weighted by Crippen LogP contribution is 2.30. The summed E-state index contributed by atoms with van der Waals surface area (Å²) in [5.74, 6) is 0.320. The molecule has 0 saturated heterocycles. The Morgan fingerprint density at radius 1 is 1.09 bits per heavy atom. The van der Waals surface area contributed by atoms with Gasteiger partial charge in [0.15, 0.2) is 11.2 Å². The van der Waals surface area contributed by atoms with Gasteiger partial charge in [0.2, 0.25) is 0 Å². The summed E-state index contributed by atoms with van der Waals surface area (Å²) in [6.45, 7) is 3.44. The fraction of sp³-hybridized carbons (Fsp3) is 0.231. The zero-order valence-corrected chi connectivity index (χ0v) is 20.3. The number of carboxylic acid groups (broad SMARTS) is 1. The fourth-order valence-electron chi connectivity index (χ4n) is 3.45. The summed E-state index contributed by atoms with van der Waals surface area (Å²) in [5.41, 5.74) is 1.94. The molecule has 0 bridgehead atoms. The summed E-state index contributed by atoms with van der Waals surface area (Å²) in [5, 5.41) is 10.9. The Morgan fingerprint density at radius 3 is 2.62 bits per heavy atom. The summed E-state index contributed by atoms with van der Waals surface area (Å²) in [7, 11) is 0. The molecule has 3 aromatic carbocycles. The van der Waals surface area contributed by atoms with Crippen molar-refractivity contribution in [1.82, 2.24) is 4.98 Å². The summed E-state index contributed by atoms with van der Waals surface area (Å²) in [4.78, 5) is 18.3. The number of para-hydroxylation sites is 1. The first kappa shape index (κ1) is 23.9. The van der Waals surface area contributed by atoms with Gasteiger partial charge in [0.1, 0.15) is 18.1 Å². The smallest absolute Gasteiger partial charge is 0.344 e. The number of thiazole rings is 1. The molecule has 0 aliphatic carbocycles. The summed E-state index contributed by atoms with van der Waals surface area (Å²) < 4.78 is 12.7. The third-order valence-corrected chi connectivity index (χ3v) is 6.54. The minimum Gasteiger partial charge on any atom is -0.492 e. The largest absolute Gasteiger partial charge is 0.492 e. The molecule has 1 unspecified atom stereocenters. The van der Waals surface area contributed by atoms with Gasteiger partial charge in [-0.25, -0.2) is 9.78 Å². The summed E-state index contributed by atoms with van der Waals surface area (Å²) >= 11 is 7.59. The second-order valence-electron chi connectivity index (χ2n) is 7.69. The molecule has 0 aliphatic heterocycles. The summed E-state index contributed by atoms with van der Waals surface area (Å²) in [6.07, 6.45) is -0.484. The van der Waals surface area contributed by atoms with Crippen LogP contribution >= 0.6 is 22.9 Å². The van der Waals surface area contributed by atoms with Crippen molar-refractivity contribution in [2.24, 2.45) is 0 Å². The van der Waals surface area contributed by atoms with E-state index < -0.39 is 12.1 Å². The van der Waals surface area contributed by atoms with Crippen molar-refractivity contribution in [2.75, 3.05) is 18.1 Å². The lowest BCUT2D eigenvalue weighted by Crippen LogP contribution is -2.28. The molecule has 6 nitrogen and oxygen atoms in total. The van der Waals surface area contributed by atoms with Crippen LogP contribution in [0, 0.1) is 0 Å². The van der Waals surface area contributed by atoms with Crippen LogP contribution in [-0.2, 0) is 11.3 Å². The quantitative estimate of drug-likeness (QED) is 0.263. The highest BCUT2D eigenvalue weighted by Gasteiger charge is 2.18. The zero-order valence-electron chi connectivity index (χ0n) is 18.7. The fourth-order valence-corrected chi connectivity index (χ4v) is 4.57. The maximum atomic E-state index is 11.4.